The zero-order chi connectivity index (χ0) is 24.6. The molecular formula is C26H34BrN5O3. The van der Waals surface area contributed by atoms with Crippen LogP contribution in [0.1, 0.15) is 67.4 Å². The number of carbonyl (C=O) groups is 1. The van der Waals surface area contributed by atoms with Crippen LogP contribution < -0.4 is 10.2 Å². The second-order valence-corrected chi connectivity index (χ2v) is 11.2. The quantitative estimate of drug-likeness (QED) is 0.440. The second kappa shape index (κ2) is 10.1. The summed E-state index contributed by atoms with van der Waals surface area (Å²) in [6.45, 7) is 6.06. The number of nitrogens with one attached hydrogen (secondary N) is 1. The Morgan fingerprint density at radius 2 is 1.91 bits per heavy atom. The summed E-state index contributed by atoms with van der Waals surface area (Å²) in [7, 11) is 0. The first-order valence-electron chi connectivity index (χ1n) is 12.6. The van der Waals surface area contributed by atoms with Crippen molar-refractivity contribution in [1.82, 2.24) is 20.2 Å². The molecule has 1 unspecified atom stereocenters. The van der Waals surface area contributed by atoms with Crippen LogP contribution in [-0.2, 0) is 4.79 Å². The summed E-state index contributed by atoms with van der Waals surface area (Å²) >= 11 is 3.49. The fourth-order valence-corrected chi connectivity index (χ4v) is 5.59. The largest absolute Gasteiger partial charge is 0.389 e. The Kier molecular flexibility index (Phi) is 7.12. The molecular weight excluding hydrogens is 510 g/mol. The van der Waals surface area contributed by atoms with Crippen molar-refractivity contribution in [2.75, 3.05) is 44.2 Å². The van der Waals surface area contributed by atoms with Crippen molar-refractivity contribution in [1.29, 1.82) is 0 Å². The van der Waals surface area contributed by atoms with E-state index in [4.69, 9.17) is 0 Å². The highest BCUT2D eigenvalue weighted by Gasteiger charge is 2.40. The zero-order valence-corrected chi connectivity index (χ0v) is 21.7. The number of nitrogens with zero attached hydrogens (tertiary/aromatic N) is 4. The minimum absolute atomic E-state index is 0.149. The lowest BCUT2D eigenvalue weighted by atomic mass is 9.93. The predicted molar refractivity (Wildman–Crippen MR) is 137 cm³/mol. The van der Waals surface area contributed by atoms with Crippen molar-refractivity contribution in [3.8, 4) is 0 Å². The van der Waals surface area contributed by atoms with Gasteiger partial charge in [0, 0.05) is 42.8 Å². The molecule has 188 valence electrons. The van der Waals surface area contributed by atoms with Crippen molar-refractivity contribution >= 4 is 27.7 Å². The number of hydrogen-bond acceptors (Lipinski definition) is 7. The lowest BCUT2D eigenvalue weighted by Gasteiger charge is -2.38. The molecule has 8 nitrogen and oxygen atoms in total. The fraction of sp³-hybridized carbons (Fsp3) is 0.577. The number of amides is 1. The molecule has 2 fully saturated rings. The molecule has 9 heteroatoms. The van der Waals surface area contributed by atoms with E-state index in [1.54, 1.807) is 6.33 Å². The molecule has 3 N–H and O–H groups in total. The van der Waals surface area contributed by atoms with Gasteiger partial charge in [0.1, 0.15) is 12.1 Å². The Bertz CT molecular complexity index is 1050. The number of hydrogen-bond donors (Lipinski definition) is 3. The van der Waals surface area contributed by atoms with Crippen LogP contribution >= 0.6 is 15.9 Å². The SMILES string of the molecule is C[C@@H]1C[C@@H](O)c2ncnc(N3CCN(C(=O)C(CCNCC4(O)CC4)c4ccc(Br)cc4)CC3)c21. The van der Waals surface area contributed by atoms with Gasteiger partial charge in [-0.15, -0.1) is 0 Å². The summed E-state index contributed by atoms with van der Waals surface area (Å²) in [5.74, 6) is 1.04. The topological polar surface area (TPSA) is 102 Å². The number of benzene rings is 1. The first-order chi connectivity index (χ1) is 16.8. The first kappa shape index (κ1) is 24.6. The molecule has 2 heterocycles. The standard InChI is InChI=1S/C26H34BrN5O3/c1-17-14-21(33)23-22(17)24(30-16-29-23)31-10-12-32(13-11-31)25(34)20(18-2-4-19(27)5-3-18)6-9-28-15-26(35)7-8-26/h2-5,16-17,20-21,28,33,35H,6-15H2,1H3/t17-,20?,21-/m1/s1. The fourth-order valence-electron chi connectivity index (χ4n) is 5.33. The summed E-state index contributed by atoms with van der Waals surface area (Å²) in [4.78, 5) is 26.8. The van der Waals surface area contributed by atoms with Gasteiger partial charge in [0.15, 0.2) is 0 Å². The van der Waals surface area contributed by atoms with E-state index in [1.165, 1.54) is 0 Å². The van der Waals surface area contributed by atoms with E-state index in [0.29, 0.717) is 52.1 Å². The van der Waals surface area contributed by atoms with E-state index in [2.05, 4.69) is 43.0 Å². The van der Waals surface area contributed by atoms with Gasteiger partial charge in [-0.3, -0.25) is 4.79 Å². The van der Waals surface area contributed by atoms with E-state index in [-0.39, 0.29) is 17.7 Å². The maximum absolute atomic E-state index is 13.7. The number of piperazine rings is 1. The Morgan fingerprint density at radius 1 is 1.20 bits per heavy atom. The zero-order valence-electron chi connectivity index (χ0n) is 20.2. The van der Waals surface area contributed by atoms with Gasteiger partial charge in [0.25, 0.3) is 0 Å². The van der Waals surface area contributed by atoms with Crippen LogP contribution in [0.4, 0.5) is 5.82 Å². The van der Waals surface area contributed by atoms with E-state index >= 15 is 0 Å². The summed E-state index contributed by atoms with van der Waals surface area (Å²) < 4.78 is 0.992. The summed E-state index contributed by atoms with van der Waals surface area (Å²) in [5.41, 5.74) is 2.28. The number of aliphatic hydroxyl groups excluding tert-OH is 1. The van der Waals surface area contributed by atoms with E-state index in [9.17, 15) is 15.0 Å². The van der Waals surface area contributed by atoms with Crippen LogP contribution in [-0.4, -0.2) is 75.9 Å². The van der Waals surface area contributed by atoms with Gasteiger partial charge in [0.2, 0.25) is 5.91 Å². The summed E-state index contributed by atoms with van der Waals surface area (Å²) in [5, 5.41) is 23.8. The number of halogens is 1. The molecule has 35 heavy (non-hydrogen) atoms. The van der Waals surface area contributed by atoms with E-state index < -0.39 is 11.7 Å². The van der Waals surface area contributed by atoms with Crippen LogP contribution in [0, 0.1) is 0 Å². The highest BCUT2D eigenvalue weighted by atomic mass is 79.9. The second-order valence-electron chi connectivity index (χ2n) is 10.3. The third-order valence-electron chi connectivity index (χ3n) is 7.63. The number of aromatic nitrogens is 2. The maximum atomic E-state index is 13.7. The Balaban J connectivity index is 1.25. The smallest absolute Gasteiger partial charge is 0.230 e. The van der Waals surface area contributed by atoms with Gasteiger partial charge in [-0.1, -0.05) is 35.0 Å². The van der Waals surface area contributed by atoms with Gasteiger partial charge in [-0.2, -0.15) is 0 Å². The van der Waals surface area contributed by atoms with Gasteiger partial charge in [-0.05, 0) is 55.8 Å². The molecule has 5 rings (SSSR count). The lowest BCUT2D eigenvalue weighted by Crippen LogP contribution is -2.50. The third kappa shape index (κ3) is 5.38. The molecule has 0 radical (unpaired) electrons. The van der Waals surface area contributed by atoms with Crippen molar-refractivity contribution in [3.05, 3.63) is 51.9 Å². The molecule has 0 bridgehead atoms. The van der Waals surface area contributed by atoms with Crippen LogP contribution in [0.15, 0.2) is 35.1 Å². The van der Waals surface area contributed by atoms with Crippen LogP contribution in [0.5, 0.6) is 0 Å². The molecule has 1 saturated carbocycles. The van der Waals surface area contributed by atoms with Crippen molar-refractivity contribution < 1.29 is 15.0 Å². The molecule has 1 amide bonds. The first-order valence-corrected chi connectivity index (χ1v) is 13.4. The van der Waals surface area contributed by atoms with Crippen LogP contribution in [0.2, 0.25) is 0 Å². The van der Waals surface area contributed by atoms with Crippen molar-refractivity contribution in [3.63, 3.8) is 0 Å². The molecule has 3 atom stereocenters. The highest BCUT2D eigenvalue weighted by molar-refractivity contribution is 9.10. The molecule has 1 aliphatic heterocycles. The summed E-state index contributed by atoms with van der Waals surface area (Å²) in [6.07, 6.45) is 4.09. The van der Waals surface area contributed by atoms with Crippen LogP contribution in [0.25, 0.3) is 0 Å². The highest BCUT2D eigenvalue weighted by Crippen LogP contribution is 2.43. The van der Waals surface area contributed by atoms with Crippen molar-refractivity contribution in [2.24, 2.45) is 0 Å². The average molecular weight is 544 g/mol. The molecule has 1 aromatic heterocycles. The van der Waals surface area contributed by atoms with Gasteiger partial charge < -0.3 is 25.3 Å². The molecule has 0 spiro atoms. The molecule has 3 aliphatic rings. The lowest BCUT2D eigenvalue weighted by molar-refractivity contribution is -0.133. The number of anilines is 1. The molecule has 2 aromatic rings. The van der Waals surface area contributed by atoms with Gasteiger partial charge in [-0.25, -0.2) is 9.97 Å². The number of aliphatic hydroxyl groups is 2. The minimum Gasteiger partial charge on any atom is -0.389 e. The Morgan fingerprint density at radius 3 is 2.60 bits per heavy atom. The number of fused-ring (bicyclic) bond motifs is 1. The number of carbonyl (C=O) groups excluding carboxylic acids is 1. The minimum atomic E-state index is -0.540. The normalized spacial score (nSPS) is 23.8. The Hall–Kier alpha value is -2.07. The third-order valence-corrected chi connectivity index (χ3v) is 8.16. The van der Waals surface area contributed by atoms with Gasteiger partial charge in [0.05, 0.1) is 23.3 Å². The van der Waals surface area contributed by atoms with E-state index in [1.807, 2.05) is 29.2 Å². The van der Waals surface area contributed by atoms with Gasteiger partial charge >= 0.3 is 0 Å². The maximum Gasteiger partial charge on any atom is 0.230 e. The number of rotatable bonds is 8. The molecule has 1 aromatic carbocycles. The molecule has 1 saturated heterocycles. The summed E-state index contributed by atoms with van der Waals surface area (Å²) in [6, 6.07) is 8.01. The van der Waals surface area contributed by atoms with Crippen LogP contribution in [0.3, 0.4) is 0 Å². The molecule has 2 aliphatic carbocycles. The predicted octanol–water partition coefficient (Wildman–Crippen LogP) is 2.72. The monoisotopic (exact) mass is 543 g/mol. The van der Waals surface area contributed by atoms with Crippen molar-refractivity contribution in [2.45, 2.75) is 56.1 Å². The Labute approximate surface area is 214 Å². The van der Waals surface area contributed by atoms with E-state index in [0.717, 1.165) is 40.0 Å². The average Bonchev–Trinajstić information content (AvgIpc) is 3.53.